The molecule has 2 aromatic carbocycles. The minimum absolute atomic E-state index is 0.0530. The molecule has 2 rings (SSSR count). The highest BCUT2D eigenvalue weighted by Crippen LogP contribution is 2.16. The van der Waals surface area contributed by atoms with E-state index in [-0.39, 0.29) is 11.8 Å². The van der Waals surface area contributed by atoms with E-state index in [9.17, 15) is 9.59 Å². The lowest BCUT2D eigenvalue weighted by molar-refractivity contribution is -0.131. The maximum Gasteiger partial charge on any atom is 0.224 e. The molecule has 25 heavy (non-hydrogen) atoms. The van der Waals surface area contributed by atoms with Crippen molar-refractivity contribution in [2.45, 2.75) is 33.7 Å². The highest BCUT2D eigenvalue weighted by Gasteiger charge is 2.17. The van der Waals surface area contributed by atoms with Crippen LogP contribution in [-0.4, -0.2) is 29.8 Å². The Balaban J connectivity index is 1.99. The molecule has 2 aromatic rings. The van der Waals surface area contributed by atoms with Crippen LogP contribution >= 0.6 is 0 Å². The molecule has 0 unspecified atom stereocenters. The summed E-state index contributed by atoms with van der Waals surface area (Å²) < 4.78 is 0. The lowest BCUT2D eigenvalue weighted by Gasteiger charge is -2.25. The van der Waals surface area contributed by atoms with E-state index in [1.54, 1.807) is 4.90 Å². The molecule has 2 amide bonds. The smallest absolute Gasteiger partial charge is 0.224 e. The number of carbonyl (C=O) groups excluding carboxylic acids is 2. The van der Waals surface area contributed by atoms with Crippen LogP contribution in [0, 0.1) is 6.92 Å². The fraction of sp³-hybridized carbons (Fsp3) is 0.333. The molecule has 0 spiro atoms. The zero-order valence-electron chi connectivity index (χ0n) is 15.2. The van der Waals surface area contributed by atoms with Gasteiger partial charge < -0.3 is 9.80 Å². The van der Waals surface area contributed by atoms with Crippen molar-refractivity contribution >= 4 is 17.5 Å². The summed E-state index contributed by atoms with van der Waals surface area (Å²) in [4.78, 5) is 28.0. The maximum absolute atomic E-state index is 12.6. The summed E-state index contributed by atoms with van der Waals surface area (Å²) >= 11 is 0. The van der Waals surface area contributed by atoms with Gasteiger partial charge in [0.15, 0.2) is 0 Å². The Kier molecular flexibility index (Phi) is 6.75. The Morgan fingerprint density at radius 1 is 0.960 bits per heavy atom. The third kappa shape index (κ3) is 5.45. The first kappa shape index (κ1) is 18.7. The van der Waals surface area contributed by atoms with Gasteiger partial charge in [-0.3, -0.25) is 9.59 Å². The van der Waals surface area contributed by atoms with Crippen LogP contribution in [0.4, 0.5) is 5.69 Å². The van der Waals surface area contributed by atoms with Crippen LogP contribution in [0.15, 0.2) is 54.6 Å². The second-order valence-corrected chi connectivity index (χ2v) is 6.15. The standard InChI is InChI=1S/C21H26N2O2/c1-4-22(16-19-8-6-5-7-9-19)21(25)14-15-23(18(3)24)20-12-10-17(2)11-13-20/h5-13H,4,14-16H2,1-3H3. The van der Waals surface area contributed by atoms with Crippen molar-refractivity contribution in [2.24, 2.45) is 0 Å². The predicted molar refractivity (Wildman–Crippen MR) is 101 cm³/mol. The number of hydrogen-bond donors (Lipinski definition) is 0. The van der Waals surface area contributed by atoms with E-state index < -0.39 is 0 Å². The maximum atomic E-state index is 12.6. The SMILES string of the molecule is CCN(Cc1ccccc1)C(=O)CCN(C(C)=O)c1ccc(C)cc1. The molecule has 0 aliphatic rings. The fourth-order valence-electron chi connectivity index (χ4n) is 2.74. The molecule has 132 valence electrons. The van der Waals surface area contributed by atoms with Crippen LogP contribution in [0.1, 0.15) is 31.4 Å². The Morgan fingerprint density at radius 3 is 2.16 bits per heavy atom. The number of carbonyl (C=O) groups is 2. The first-order valence-electron chi connectivity index (χ1n) is 8.67. The van der Waals surface area contributed by atoms with Gasteiger partial charge in [0.1, 0.15) is 0 Å². The van der Waals surface area contributed by atoms with Gasteiger partial charge in [-0.05, 0) is 31.5 Å². The predicted octanol–water partition coefficient (Wildman–Crippen LogP) is 3.79. The van der Waals surface area contributed by atoms with E-state index in [0.717, 1.165) is 16.8 Å². The third-order valence-electron chi connectivity index (χ3n) is 4.23. The number of rotatable bonds is 7. The molecule has 0 saturated heterocycles. The van der Waals surface area contributed by atoms with E-state index in [2.05, 4.69) is 0 Å². The molecule has 0 bridgehead atoms. The van der Waals surface area contributed by atoms with Crippen LogP contribution in [-0.2, 0) is 16.1 Å². The van der Waals surface area contributed by atoms with Crippen molar-refractivity contribution in [1.82, 2.24) is 4.90 Å². The number of benzene rings is 2. The van der Waals surface area contributed by atoms with Gasteiger partial charge in [-0.2, -0.15) is 0 Å². The second kappa shape index (κ2) is 9.02. The van der Waals surface area contributed by atoms with Gasteiger partial charge in [0.2, 0.25) is 11.8 Å². The van der Waals surface area contributed by atoms with Crippen LogP contribution in [0.3, 0.4) is 0 Å². The normalized spacial score (nSPS) is 10.4. The first-order valence-corrected chi connectivity index (χ1v) is 8.67. The van der Waals surface area contributed by atoms with Gasteiger partial charge in [-0.1, -0.05) is 48.0 Å². The molecular formula is C21H26N2O2. The van der Waals surface area contributed by atoms with Crippen LogP contribution in [0.5, 0.6) is 0 Å². The summed E-state index contributed by atoms with van der Waals surface area (Å²) in [6.07, 6.45) is 0.314. The summed E-state index contributed by atoms with van der Waals surface area (Å²) in [6.45, 7) is 7.16. The molecule has 0 radical (unpaired) electrons. The van der Waals surface area contributed by atoms with Crippen molar-refractivity contribution in [3.8, 4) is 0 Å². The molecule has 0 aliphatic carbocycles. The second-order valence-electron chi connectivity index (χ2n) is 6.15. The number of nitrogens with zero attached hydrogens (tertiary/aromatic N) is 2. The minimum atomic E-state index is -0.0530. The molecular weight excluding hydrogens is 312 g/mol. The van der Waals surface area contributed by atoms with Crippen molar-refractivity contribution in [3.63, 3.8) is 0 Å². The minimum Gasteiger partial charge on any atom is -0.339 e. The molecule has 0 saturated carbocycles. The van der Waals surface area contributed by atoms with Crippen LogP contribution < -0.4 is 4.90 Å². The molecule has 0 fully saturated rings. The average Bonchev–Trinajstić information content (AvgIpc) is 2.61. The molecule has 0 N–H and O–H groups in total. The summed E-state index contributed by atoms with van der Waals surface area (Å²) in [5.41, 5.74) is 3.08. The number of aryl methyl sites for hydroxylation is 1. The number of amides is 2. The van der Waals surface area contributed by atoms with Crippen molar-refractivity contribution < 1.29 is 9.59 Å². The van der Waals surface area contributed by atoms with Crippen LogP contribution in [0.2, 0.25) is 0 Å². The van der Waals surface area contributed by atoms with Gasteiger partial charge in [0.25, 0.3) is 0 Å². The molecule has 0 heterocycles. The zero-order valence-corrected chi connectivity index (χ0v) is 15.2. The molecule has 0 aliphatic heterocycles. The Hall–Kier alpha value is -2.62. The van der Waals surface area contributed by atoms with Gasteiger partial charge in [0, 0.05) is 38.7 Å². The fourth-order valence-corrected chi connectivity index (χ4v) is 2.74. The lowest BCUT2D eigenvalue weighted by atomic mass is 10.2. The summed E-state index contributed by atoms with van der Waals surface area (Å²) in [7, 11) is 0. The summed E-state index contributed by atoms with van der Waals surface area (Å²) in [6, 6.07) is 17.7. The zero-order chi connectivity index (χ0) is 18.2. The van der Waals surface area contributed by atoms with E-state index >= 15 is 0 Å². The van der Waals surface area contributed by atoms with E-state index in [4.69, 9.17) is 0 Å². The van der Waals surface area contributed by atoms with E-state index in [0.29, 0.717) is 26.1 Å². The van der Waals surface area contributed by atoms with Gasteiger partial charge in [-0.15, -0.1) is 0 Å². The molecule has 4 heteroatoms. The highest BCUT2D eigenvalue weighted by atomic mass is 16.2. The van der Waals surface area contributed by atoms with Crippen LogP contribution in [0.25, 0.3) is 0 Å². The highest BCUT2D eigenvalue weighted by molar-refractivity contribution is 5.92. The Labute approximate surface area is 150 Å². The Morgan fingerprint density at radius 2 is 1.60 bits per heavy atom. The van der Waals surface area contributed by atoms with Crippen molar-refractivity contribution in [1.29, 1.82) is 0 Å². The number of anilines is 1. The summed E-state index contributed by atoms with van der Waals surface area (Å²) in [5.74, 6) is 0.00692. The number of hydrogen-bond acceptors (Lipinski definition) is 2. The first-order chi connectivity index (χ1) is 12.0. The quantitative estimate of drug-likeness (QED) is 0.771. The van der Waals surface area contributed by atoms with Gasteiger partial charge in [0.05, 0.1) is 0 Å². The molecule has 0 atom stereocenters. The largest absolute Gasteiger partial charge is 0.339 e. The van der Waals surface area contributed by atoms with E-state index in [1.807, 2.05) is 73.3 Å². The van der Waals surface area contributed by atoms with Gasteiger partial charge >= 0.3 is 0 Å². The van der Waals surface area contributed by atoms with Crippen molar-refractivity contribution in [2.75, 3.05) is 18.0 Å². The monoisotopic (exact) mass is 338 g/mol. The average molecular weight is 338 g/mol. The summed E-state index contributed by atoms with van der Waals surface area (Å²) in [5, 5.41) is 0. The van der Waals surface area contributed by atoms with Gasteiger partial charge in [-0.25, -0.2) is 0 Å². The molecule has 0 aromatic heterocycles. The molecule has 4 nitrogen and oxygen atoms in total. The van der Waals surface area contributed by atoms with Crippen molar-refractivity contribution in [3.05, 3.63) is 65.7 Å². The topological polar surface area (TPSA) is 40.6 Å². The Bertz CT molecular complexity index is 696. The van der Waals surface area contributed by atoms with E-state index in [1.165, 1.54) is 6.92 Å². The third-order valence-corrected chi connectivity index (χ3v) is 4.23. The lowest BCUT2D eigenvalue weighted by Crippen LogP contribution is -2.36.